The van der Waals surface area contributed by atoms with E-state index in [1.54, 1.807) is 24.3 Å². The number of benzene rings is 4. The lowest BCUT2D eigenvalue weighted by molar-refractivity contribution is 0.413. The van der Waals surface area contributed by atoms with E-state index in [1.165, 1.54) is 33.9 Å². The van der Waals surface area contributed by atoms with Crippen molar-refractivity contribution in [3.8, 4) is 16.9 Å². The number of sulfonamides is 2. The van der Waals surface area contributed by atoms with E-state index in [4.69, 9.17) is 4.74 Å². The molecule has 38 heavy (non-hydrogen) atoms. The first kappa shape index (κ1) is 24.5. The molecule has 0 saturated carbocycles. The van der Waals surface area contributed by atoms with Crippen LogP contribution < -0.4 is 13.3 Å². The van der Waals surface area contributed by atoms with E-state index in [2.05, 4.69) is 0 Å². The molecule has 2 aliphatic heterocycles. The number of methoxy groups -OCH3 is 1. The third kappa shape index (κ3) is 3.93. The molecule has 0 fully saturated rings. The van der Waals surface area contributed by atoms with Crippen LogP contribution in [0.1, 0.15) is 11.1 Å². The molecule has 0 spiro atoms. The number of nitrogens with zero attached hydrogens (tertiary/aromatic N) is 2. The highest BCUT2D eigenvalue weighted by Crippen LogP contribution is 2.39. The zero-order chi connectivity index (χ0) is 26.5. The van der Waals surface area contributed by atoms with Gasteiger partial charge in [-0.1, -0.05) is 48.5 Å². The number of hydrogen-bond donors (Lipinski definition) is 0. The first-order valence-electron chi connectivity index (χ1n) is 12.3. The van der Waals surface area contributed by atoms with Gasteiger partial charge in [-0.3, -0.25) is 8.61 Å². The van der Waals surface area contributed by atoms with Crippen LogP contribution in [0, 0.1) is 0 Å². The van der Waals surface area contributed by atoms with Crippen molar-refractivity contribution in [2.75, 3.05) is 28.8 Å². The van der Waals surface area contributed by atoms with Crippen LogP contribution in [0.25, 0.3) is 11.1 Å². The zero-order valence-electron chi connectivity index (χ0n) is 20.7. The molecule has 0 unspecified atom stereocenters. The Morgan fingerprint density at radius 1 is 0.658 bits per heavy atom. The Kier molecular flexibility index (Phi) is 5.92. The molecular formula is C29H26N2O5S2. The monoisotopic (exact) mass is 546 g/mol. The molecule has 0 bridgehead atoms. The second kappa shape index (κ2) is 9.18. The van der Waals surface area contributed by atoms with Crippen LogP contribution in [0.3, 0.4) is 0 Å². The molecule has 6 rings (SSSR count). The van der Waals surface area contributed by atoms with E-state index < -0.39 is 20.0 Å². The first-order chi connectivity index (χ1) is 18.3. The van der Waals surface area contributed by atoms with Crippen molar-refractivity contribution in [2.24, 2.45) is 0 Å². The molecule has 0 radical (unpaired) electrons. The second-order valence-electron chi connectivity index (χ2n) is 9.30. The molecule has 0 saturated heterocycles. The normalized spacial score (nSPS) is 14.9. The summed E-state index contributed by atoms with van der Waals surface area (Å²) in [4.78, 5) is 0.266. The fraction of sp³-hybridized carbons (Fsp3) is 0.172. The predicted octanol–water partition coefficient (Wildman–Crippen LogP) is 4.87. The van der Waals surface area contributed by atoms with Gasteiger partial charge >= 0.3 is 0 Å². The van der Waals surface area contributed by atoms with Gasteiger partial charge in [0.2, 0.25) is 0 Å². The maximum absolute atomic E-state index is 13.9. The van der Waals surface area contributed by atoms with Crippen molar-refractivity contribution in [1.82, 2.24) is 0 Å². The topological polar surface area (TPSA) is 84.0 Å². The summed E-state index contributed by atoms with van der Waals surface area (Å²) in [6.45, 7) is 0.744. The minimum atomic E-state index is -3.92. The van der Waals surface area contributed by atoms with E-state index in [-0.39, 0.29) is 9.79 Å². The largest absolute Gasteiger partial charge is 0.497 e. The van der Waals surface area contributed by atoms with Gasteiger partial charge in [-0.15, -0.1) is 0 Å². The lowest BCUT2D eigenvalue weighted by Gasteiger charge is -2.22. The van der Waals surface area contributed by atoms with Crippen molar-refractivity contribution >= 4 is 31.4 Å². The summed E-state index contributed by atoms with van der Waals surface area (Å²) in [6, 6.07) is 26.3. The van der Waals surface area contributed by atoms with Crippen LogP contribution in [0.4, 0.5) is 11.4 Å². The Hall–Kier alpha value is -3.82. The van der Waals surface area contributed by atoms with Gasteiger partial charge in [0.15, 0.2) is 0 Å². The minimum absolute atomic E-state index is 0.109. The van der Waals surface area contributed by atoms with Crippen LogP contribution in [-0.2, 0) is 32.9 Å². The van der Waals surface area contributed by atoms with Gasteiger partial charge in [0.05, 0.1) is 28.3 Å². The van der Waals surface area contributed by atoms with Crippen LogP contribution in [-0.4, -0.2) is 37.0 Å². The summed E-state index contributed by atoms with van der Waals surface area (Å²) in [5.74, 6) is 0.423. The molecule has 2 heterocycles. The molecule has 0 atom stereocenters. The highest BCUT2D eigenvalue weighted by molar-refractivity contribution is 7.93. The Balaban J connectivity index is 1.39. The number of para-hydroxylation sites is 2. The molecule has 194 valence electrons. The summed E-state index contributed by atoms with van der Waals surface area (Å²) in [5, 5.41) is 0. The Morgan fingerprint density at radius 3 is 1.79 bits per heavy atom. The predicted molar refractivity (Wildman–Crippen MR) is 148 cm³/mol. The van der Waals surface area contributed by atoms with Crippen LogP contribution in [0.15, 0.2) is 101 Å². The summed E-state index contributed by atoms with van der Waals surface area (Å²) in [5.41, 5.74) is 4.44. The number of fused-ring (bicyclic) bond motifs is 2. The van der Waals surface area contributed by atoms with E-state index in [0.717, 1.165) is 11.1 Å². The van der Waals surface area contributed by atoms with Crippen molar-refractivity contribution in [2.45, 2.75) is 22.6 Å². The highest BCUT2D eigenvalue weighted by Gasteiger charge is 2.34. The second-order valence-corrected chi connectivity index (χ2v) is 13.0. The van der Waals surface area contributed by atoms with Crippen LogP contribution in [0.2, 0.25) is 0 Å². The number of ether oxygens (including phenoxy) is 1. The molecule has 2 aliphatic rings. The summed E-state index contributed by atoms with van der Waals surface area (Å²) >= 11 is 0. The molecule has 0 aromatic heterocycles. The average molecular weight is 547 g/mol. The van der Waals surface area contributed by atoms with Gasteiger partial charge < -0.3 is 4.74 Å². The van der Waals surface area contributed by atoms with E-state index in [1.807, 2.05) is 48.5 Å². The first-order valence-corrected chi connectivity index (χ1v) is 15.2. The summed E-state index contributed by atoms with van der Waals surface area (Å²) in [7, 11) is -6.19. The SMILES string of the molecule is COc1ccc(-c2ccc(S(=O)(=O)N3CCc4ccccc43)cc2)c(S(=O)(=O)N2CCc3ccccc32)c1. The molecule has 0 N–H and O–H groups in total. The van der Waals surface area contributed by atoms with Crippen molar-refractivity contribution in [1.29, 1.82) is 0 Å². The van der Waals surface area contributed by atoms with Gasteiger partial charge in [0, 0.05) is 24.7 Å². The lowest BCUT2D eigenvalue weighted by Crippen LogP contribution is -2.29. The molecule has 4 aromatic carbocycles. The van der Waals surface area contributed by atoms with Crippen LogP contribution in [0.5, 0.6) is 5.75 Å². The van der Waals surface area contributed by atoms with Gasteiger partial charge in [-0.25, -0.2) is 16.8 Å². The van der Waals surface area contributed by atoms with Gasteiger partial charge in [0.25, 0.3) is 20.0 Å². The maximum atomic E-state index is 13.9. The minimum Gasteiger partial charge on any atom is -0.497 e. The third-order valence-electron chi connectivity index (χ3n) is 7.20. The molecule has 7 nitrogen and oxygen atoms in total. The number of rotatable bonds is 6. The van der Waals surface area contributed by atoms with Crippen molar-refractivity contribution in [3.63, 3.8) is 0 Å². The maximum Gasteiger partial charge on any atom is 0.265 e. The molecule has 4 aromatic rings. The van der Waals surface area contributed by atoms with E-state index >= 15 is 0 Å². The van der Waals surface area contributed by atoms with Gasteiger partial charge in [-0.05, 0) is 65.9 Å². The third-order valence-corrected chi connectivity index (χ3v) is 10.9. The summed E-state index contributed by atoms with van der Waals surface area (Å²) in [6.07, 6.45) is 1.31. The molecular weight excluding hydrogens is 520 g/mol. The number of anilines is 2. The lowest BCUT2D eigenvalue weighted by atomic mass is 10.1. The fourth-order valence-electron chi connectivity index (χ4n) is 5.25. The smallest absolute Gasteiger partial charge is 0.265 e. The van der Waals surface area contributed by atoms with Crippen molar-refractivity contribution in [3.05, 3.63) is 102 Å². The van der Waals surface area contributed by atoms with E-state index in [0.29, 0.717) is 54.2 Å². The highest BCUT2D eigenvalue weighted by atomic mass is 32.2. The molecule has 9 heteroatoms. The Bertz CT molecular complexity index is 1750. The van der Waals surface area contributed by atoms with Crippen LogP contribution >= 0.6 is 0 Å². The van der Waals surface area contributed by atoms with Crippen molar-refractivity contribution < 1.29 is 21.6 Å². The Labute approximate surface area is 223 Å². The molecule has 0 aliphatic carbocycles. The summed E-state index contributed by atoms with van der Waals surface area (Å²) < 4.78 is 63.0. The standard InChI is InChI=1S/C29H26N2O5S2/c1-36-24-12-15-26(29(20-24)38(34,35)31-19-17-23-7-3-5-9-28(23)31)21-10-13-25(14-11-21)37(32,33)30-18-16-22-6-2-4-8-27(22)30/h2-15,20H,16-19H2,1H3. The van der Waals surface area contributed by atoms with Gasteiger partial charge in [0.1, 0.15) is 5.75 Å². The zero-order valence-corrected chi connectivity index (χ0v) is 22.4. The van der Waals surface area contributed by atoms with E-state index in [9.17, 15) is 16.8 Å². The number of hydrogen-bond acceptors (Lipinski definition) is 5. The quantitative estimate of drug-likeness (QED) is 0.345. The average Bonchev–Trinajstić information content (AvgIpc) is 3.58. The van der Waals surface area contributed by atoms with Gasteiger partial charge in [-0.2, -0.15) is 0 Å². The fourth-order valence-corrected chi connectivity index (χ4v) is 8.49. The molecule has 0 amide bonds. The Morgan fingerprint density at radius 2 is 1.21 bits per heavy atom.